The Hall–Kier alpha value is -2.86. The van der Waals surface area contributed by atoms with E-state index < -0.39 is 0 Å². The standard InChI is InChI=1S/C25H33N3O3/c1-4-31-20-14-12-19(13-15-20)27-25(30)21-9-5-6-10-23(21)28-24(29)16-26-22-11-7-8-17(2)18(22)3/h5-6,9-10,12-15,17-18,22,26H,4,7-8,11,16H2,1-3H3,(H,27,30)(H,28,29)/t17-,18-,22-/m1/s1. The molecule has 1 saturated carbocycles. The van der Waals surface area contributed by atoms with E-state index in [1.807, 2.05) is 25.1 Å². The highest BCUT2D eigenvalue weighted by Gasteiger charge is 2.27. The van der Waals surface area contributed by atoms with Gasteiger partial charge >= 0.3 is 0 Å². The molecule has 31 heavy (non-hydrogen) atoms. The van der Waals surface area contributed by atoms with Crippen LogP contribution in [-0.2, 0) is 4.79 Å². The van der Waals surface area contributed by atoms with Crippen LogP contribution in [0.3, 0.4) is 0 Å². The lowest BCUT2D eigenvalue weighted by Crippen LogP contribution is -2.43. The largest absolute Gasteiger partial charge is 0.494 e. The van der Waals surface area contributed by atoms with Crippen molar-refractivity contribution >= 4 is 23.2 Å². The topological polar surface area (TPSA) is 79.5 Å². The van der Waals surface area contributed by atoms with Crippen LogP contribution in [0, 0.1) is 11.8 Å². The van der Waals surface area contributed by atoms with Crippen molar-refractivity contribution in [1.29, 1.82) is 0 Å². The van der Waals surface area contributed by atoms with Crippen LogP contribution in [0.15, 0.2) is 48.5 Å². The van der Waals surface area contributed by atoms with Gasteiger partial charge in [-0.05, 0) is 61.6 Å². The van der Waals surface area contributed by atoms with Crippen molar-refractivity contribution < 1.29 is 14.3 Å². The van der Waals surface area contributed by atoms with E-state index in [2.05, 4.69) is 29.8 Å². The SMILES string of the molecule is CCOc1ccc(NC(=O)c2ccccc2NC(=O)CN[C@@H]2CCC[C@@H](C)[C@H]2C)cc1. The second-order valence-corrected chi connectivity index (χ2v) is 8.26. The molecule has 2 aromatic rings. The third-order valence-electron chi connectivity index (χ3n) is 6.10. The molecule has 3 rings (SSSR count). The lowest BCUT2D eigenvalue weighted by molar-refractivity contribution is -0.115. The van der Waals surface area contributed by atoms with E-state index in [-0.39, 0.29) is 18.4 Å². The molecule has 6 heteroatoms. The average Bonchev–Trinajstić information content (AvgIpc) is 2.76. The van der Waals surface area contributed by atoms with Gasteiger partial charge in [0.25, 0.3) is 5.91 Å². The molecule has 2 aromatic carbocycles. The van der Waals surface area contributed by atoms with Gasteiger partial charge in [0.05, 0.1) is 24.4 Å². The number of amides is 2. The summed E-state index contributed by atoms with van der Waals surface area (Å²) in [6.45, 7) is 7.27. The fourth-order valence-corrected chi connectivity index (χ4v) is 4.08. The number of carbonyl (C=O) groups excluding carboxylic acids is 2. The van der Waals surface area contributed by atoms with Gasteiger partial charge in [0.1, 0.15) is 5.75 Å². The minimum Gasteiger partial charge on any atom is -0.494 e. The zero-order valence-electron chi connectivity index (χ0n) is 18.6. The Morgan fingerprint density at radius 1 is 1.00 bits per heavy atom. The Morgan fingerprint density at radius 3 is 2.48 bits per heavy atom. The average molecular weight is 424 g/mol. The molecule has 166 valence electrons. The molecule has 0 aromatic heterocycles. The van der Waals surface area contributed by atoms with Crippen molar-refractivity contribution in [3.05, 3.63) is 54.1 Å². The fourth-order valence-electron chi connectivity index (χ4n) is 4.08. The van der Waals surface area contributed by atoms with Gasteiger partial charge in [-0.2, -0.15) is 0 Å². The molecule has 3 atom stereocenters. The van der Waals surface area contributed by atoms with Crippen molar-refractivity contribution in [2.75, 3.05) is 23.8 Å². The number of ether oxygens (including phenoxy) is 1. The molecule has 0 bridgehead atoms. The van der Waals surface area contributed by atoms with Crippen molar-refractivity contribution in [2.24, 2.45) is 11.8 Å². The lowest BCUT2D eigenvalue weighted by atomic mass is 9.78. The van der Waals surface area contributed by atoms with E-state index >= 15 is 0 Å². The van der Waals surface area contributed by atoms with Crippen molar-refractivity contribution in [3.8, 4) is 5.75 Å². The van der Waals surface area contributed by atoms with Crippen LogP contribution in [0.4, 0.5) is 11.4 Å². The third kappa shape index (κ3) is 6.31. The minimum atomic E-state index is -0.275. The maximum Gasteiger partial charge on any atom is 0.257 e. The van der Waals surface area contributed by atoms with Gasteiger partial charge in [0, 0.05) is 11.7 Å². The van der Waals surface area contributed by atoms with E-state index in [1.165, 1.54) is 12.8 Å². The third-order valence-corrected chi connectivity index (χ3v) is 6.10. The highest BCUT2D eigenvalue weighted by molar-refractivity contribution is 6.10. The predicted octanol–water partition coefficient (Wildman–Crippen LogP) is 4.69. The van der Waals surface area contributed by atoms with E-state index in [1.54, 1.807) is 30.3 Å². The summed E-state index contributed by atoms with van der Waals surface area (Å²) in [6.07, 6.45) is 3.54. The Bertz CT molecular complexity index is 882. The molecule has 0 aliphatic heterocycles. The van der Waals surface area contributed by atoms with Gasteiger partial charge in [-0.15, -0.1) is 0 Å². The first-order chi connectivity index (χ1) is 15.0. The highest BCUT2D eigenvalue weighted by atomic mass is 16.5. The van der Waals surface area contributed by atoms with E-state index in [0.717, 1.165) is 12.2 Å². The Balaban J connectivity index is 1.59. The summed E-state index contributed by atoms with van der Waals surface area (Å²) in [7, 11) is 0. The molecule has 1 aliphatic carbocycles. The quantitative estimate of drug-likeness (QED) is 0.575. The number of nitrogens with one attached hydrogen (secondary N) is 3. The Labute approximate surface area is 184 Å². The molecule has 0 radical (unpaired) electrons. The molecular weight excluding hydrogens is 390 g/mol. The Morgan fingerprint density at radius 2 is 1.74 bits per heavy atom. The number of anilines is 2. The summed E-state index contributed by atoms with van der Waals surface area (Å²) >= 11 is 0. The maximum absolute atomic E-state index is 12.8. The fraction of sp³-hybridized carbons (Fsp3) is 0.440. The first-order valence-corrected chi connectivity index (χ1v) is 11.1. The summed E-state index contributed by atoms with van der Waals surface area (Å²) in [5.74, 6) is 1.55. The van der Waals surface area contributed by atoms with Crippen LogP contribution in [0.1, 0.15) is 50.4 Å². The summed E-state index contributed by atoms with van der Waals surface area (Å²) in [5, 5.41) is 9.16. The van der Waals surface area contributed by atoms with Crippen LogP contribution in [0.25, 0.3) is 0 Å². The maximum atomic E-state index is 12.8. The van der Waals surface area contributed by atoms with Crippen LogP contribution in [0.2, 0.25) is 0 Å². The summed E-state index contributed by atoms with van der Waals surface area (Å²) < 4.78 is 5.43. The highest BCUT2D eigenvalue weighted by Crippen LogP contribution is 2.29. The molecule has 0 unspecified atom stereocenters. The zero-order chi connectivity index (χ0) is 22.2. The van der Waals surface area contributed by atoms with Gasteiger partial charge in [-0.25, -0.2) is 0 Å². The monoisotopic (exact) mass is 423 g/mol. The molecule has 0 saturated heterocycles. The zero-order valence-corrected chi connectivity index (χ0v) is 18.6. The minimum absolute atomic E-state index is 0.147. The first kappa shape index (κ1) is 22.8. The van der Waals surface area contributed by atoms with Crippen LogP contribution in [-0.4, -0.2) is 31.0 Å². The summed E-state index contributed by atoms with van der Waals surface area (Å²) in [4.78, 5) is 25.4. The van der Waals surface area contributed by atoms with Crippen molar-refractivity contribution in [2.45, 2.75) is 46.1 Å². The smallest absolute Gasteiger partial charge is 0.257 e. The first-order valence-electron chi connectivity index (χ1n) is 11.1. The van der Waals surface area contributed by atoms with Crippen molar-refractivity contribution in [1.82, 2.24) is 5.32 Å². The number of hydrogen-bond donors (Lipinski definition) is 3. The van der Waals surface area contributed by atoms with Gasteiger partial charge < -0.3 is 20.7 Å². The number of para-hydroxylation sites is 1. The number of carbonyl (C=O) groups is 2. The van der Waals surface area contributed by atoms with Gasteiger partial charge in [0.2, 0.25) is 5.91 Å². The number of benzene rings is 2. The van der Waals surface area contributed by atoms with Crippen LogP contribution < -0.4 is 20.7 Å². The number of hydrogen-bond acceptors (Lipinski definition) is 4. The second-order valence-electron chi connectivity index (χ2n) is 8.26. The lowest BCUT2D eigenvalue weighted by Gasteiger charge is -2.34. The van der Waals surface area contributed by atoms with E-state index in [4.69, 9.17) is 4.74 Å². The van der Waals surface area contributed by atoms with Crippen molar-refractivity contribution in [3.63, 3.8) is 0 Å². The molecular formula is C25H33N3O3. The molecule has 0 spiro atoms. The summed E-state index contributed by atoms with van der Waals surface area (Å²) in [5.41, 5.74) is 1.59. The number of rotatable bonds is 8. The summed E-state index contributed by atoms with van der Waals surface area (Å²) in [6, 6.07) is 14.6. The molecule has 2 amide bonds. The molecule has 1 aliphatic rings. The normalized spacial score (nSPS) is 20.7. The van der Waals surface area contributed by atoms with E-state index in [0.29, 0.717) is 41.4 Å². The van der Waals surface area contributed by atoms with Gasteiger partial charge in [-0.3, -0.25) is 9.59 Å². The van der Waals surface area contributed by atoms with E-state index in [9.17, 15) is 9.59 Å². The van der Waals surface area contributed by atoms with Gasteiger partial charge in [-0.1, -0.05) is 38.8 Å². The molecule has 1 fully saturated rings. The predicted molar refractivity (Wildman–Crippen MR) is 125 cm³/mol. The second kappa shape index (κ2) is 11.0. The molecule has 0 heterocycles. The van der Waals surface area contributed by atoms with Gasteiger partial charge in [0.15, 0.2) is 0 Å². The molecule has 3 N–H and O–H groups in total. The van der Waals surface area contributed by atoms with Crippen LogP contribution >= 0.6 is 0 Å². The van der Waals surface area contributed by atoms with Crippen LogP contribution in [0.5, 0.6) is 5.75 Å². The Kier molecular flexibility index (Phi) is 8.06. The molecule has 6 nitrogen and oxygen atoms in total.